The molecule has 0 aliphatic heterocycles. The number of hydrogen-bond acceptors (Lipinski definition) is 4. The third-order valence-electron chi connectivity index (χ3n) is 4.20. The summed E-state index contributed by atoms with van der Waals surface area (Å²) >= 11 is 0. The van der Waals surface area contributed by atoms with Crippen LogP contribution in [0.15, 0.2) is 60.7 Å². The van der Waals surface area contributed by atoms with E-state index < -0.39 is 0 Å². The van der Waals surface area contributed by atoms with Crippen LogP contribution in [0.4, 0.5) is 0 Å². The fraction of sp³-hybridized carbons (Fsp3) is 0.227. The largest absolute Gasteiger partial charge is 0.497 e. The zero-order valence-electron chi connectivity index (χ0n) is 15.7. The Morgan fingerprint density at radius 2 is 1.27 bits per heavy atom. The highest BCUT2D eigenvalue weighted by molar-refractivity contribution is 5.81. The first-order valence-corrected chi connectivity index (χ1v) is 8.54. The molecule has 0 unspecified atom stereocenters. The molecule has 1 heterocycles. The highest BCUT2D eigenvalue weighted by Gasteiger charge is 2.11. The molecule has 0 amide bonds. The number of ether oxygens (including phenoxy) is 2. The van der Waals surface area contributed by atoms with Crippen molar-refractivity contribution in [3.8, 4) is 33.9 Å². The molecule has 1 aromatic heterocycles. The van der Waals surface area contributed by atoms with Crippen LogP contribution in [0.3, 0.4) is 0 Å². The number of rotatable bonds is 6. The van der Waals surface area contributed by atoms with Gasteiger partial charge in [0.1, 0.15) is 11.5 Å². The second kappa shape index (κ2) is 8.02. The summed E-state index contributed by atoms with van der Waals surface area (Å²) in [5, 5.41) is 0. The van der Waals surface area contributed by atoms with Crippen LogP contribution < -0.4 is 9.47 Å². The van der Waals surface area contributed by atoms with Gasteiger partial charge in [-0.1, -0.05) is 18.2 Å². The molecule has 2 aromatic carbocycles. The molecule has 0 aliphatic carbocycles. The van der Waals surface area contributed by atoms with Gasteiger partial charge in [0.05, 0.1) is 25.6 Å². The second-order valence-electron chi connectivity index (χ2n) is 6.39. The number of pyridine rings is 1. The molecule has 0 aliphatic rings. The Hall–Kier alpha value is -2.85. The Labute approximate surface area is 155 Å². The van der Waals surface area contributed by atoms with E-state index in [9.17, 15) is 0 Å². The van der Waals surface area contributed by atoms with Gasteiger partial charge < -0.3 is 14.4 Å². The molecule has 0 spiro atoms. The number of benzene rings is 2. The lowest BCUT2D eigenvalue weighted by molar-refractivity contribution is 0.397. The molecule has 3 rings (SSSR count). The average molecular weight is 348 g/mol. The predicted octanol–water partition coefficient (Wildman–Crippen LogP) is 4.49. The van der Waals surface area contributed by atoms with Crippen molar-refractivity contribution in [2.75, 3.05) is 28.3 Å². The van der Waals surface area contributed by atoms with Gasteiger partial charge in [-0.3, -0.25) is 4.98 Å². The van der Waals surface area contributed by atoms with Crippen molar-refractivity contribution >= 4 is 0 Å². The van der Waals surface area contributed by atoms with Gasteiger partial charge in [0, 0.05) is 17.7 Å². The summed E-state index contributed by atoms with van der Waals surface area (Å²) in [6, 6.07) is 20.3. The lowest BCUT2D eigenvalue weighted by Crippen LogP contribution is -2.12. The smallest absolute Gasteiger partial charge is 0.118 e. The molecule has 0 radical (unpaired) electrons. The molecule has 0 N–H and O–H groups in total. The number of aromatic nitrogens is 1. The molecular weight excluding hydrogens is 324 g/mol. The summed E-state index contributed by atoms with van der Waals surface area (Å²) in [7, 11) is 7.45. The van der Waals surface area contributed by atoms with E-state index in [-0.39, 0.29) is 0 Å². The maximum Gasteiger partial charge on any atom is 0.118 e. The monoisotopic (exact) mass is 348 g/mol. The summed E-state index contributed by atoms with van der Waals surface area (Å²) in [5.41, 5.74) is 5.29. The fourth-order valence-electron chi connectivity index (χ4n) is 2.88. The van der Waals surface area contributed by atoms with Crippen LogP contribution in [0.5, 0.6) is 11.5 Å². The van der Waals surface area contributed by atoms with Gasteiger partial charge in [0.15, 0.2) is 0 Å². The third-order valence-corrected chi connectivity index (χ3v) is 4.20. The molecule has 134 valence electrons. The number of methoxy groups -OCH3 is 2. The summed E-state index contributed by atoms with van der Waals surface area (Å²) in [6.07, 6.45) is 0. The van der Waals surface area contributed by atoms with Gasteiger partial charge >= 0.3 is 0 Å². The zero-order valence-corrected chi connectivity index (χ0v) is 15.7. The molecule has 26 heavy (non-hydrogen) atoms. The maximum absolute atomic E-state index is 5.28. The van der Waals surface area contributed by atoms with Gasteiger partial charge in [-0.25, -0.2) is 0 Å². The summed E-state index contributed by atoms with van der Waals surface area (Å²) < 4.78 is 10.6. The minimum absolute atomic E-state index is 0.798. The Kier molecular flexibility index (Phi) is 5.54. The van der Waals surface area contributed by atoms with Crippen molar-refractivity contribution < 1.29 is 9.47 Å². The van der Waals surface area contributed by atoms with Crippen molar-refractivity contribution in [2.24, 2.45) is 0 Å². The van der Waals surface area contributed by atoms with Crippen LogP contribution >= 0.6 is 0 Å². The Morgan fingerprint density at radius 3 is 1.77 bits per heavy atom. The first-order chi connectivity index (χ1) is 12.6. The Bertz CT molecular complexity index is 856. The van der Waals surface area contributed by atoms with Crippen molar-refractivity contribution in [1.82, 2.24) is 9.88 Å². The number of nitrogens with zero attached hydrogens (tertiary/aromatic N) is 2. The van der Waals surface area contributed by atoms with Crippen molar-refractivity contribution in [3.05, 3.63) is 66.4 Å². The van der Waals surface area contributed by atoms with E-state index in [0.717, 1.165) is 46.1 Å². The first kappa shape index (κ1) is 18.0. The Balaban J connectivity index is 2.09. The van der Waals surface area contributed by atoms with Crippen LogP contribution in [0.1, 0.15) is 5.69 Å². The highest BCUT2D eigenvalue weighted by atomic mass is 16.5. The van der Waals surface area contributed by atoms with Crippen LogP contribution in [-0.4, -0.2) is 38.2 Å². The normalized spacial score (nSPS) is 10.8. The van der Waals surface area contributed by atoms with Crippen LogP contribution in [0, 0.1) is 0 Å². The van der Waals surface area contributed by atoms with E-state index in [1.54, 1.807) is 14.2 Å². The number of hydrogen-bond donors (Lipinski definition) is 0. The van der Waals surface area contributed by atoms with E-state index in [2.05, 4.69) is 29.2 Å². The Morgan fingerprint density at radius 1 is 0.731 bits per heavy atom. The standard InChI is InChI=1S/C22H24N2O2/c1-24(2)15-18-9-14-21(16-5-10-19(25-3)11-6-16)22(23-18)17-7-12-20(26-4)13-8-17/h5-14H,15H2,1-4H3. The summed E-state index contributed by atoms with van der Waals surface area (Å²) in [5.74, 6) is 1.68. The van der Waals surface area contributed by atoms with Gasteiger partial charge in [-0.05, 0) is 62.1 Å². The predicted molar refractivity (Wildman–Crippen MR) is 106 cm³/mol. The van der Waals surface area contributed by atoms with Crippen LogP contribution in [-0.2, 0) is 6.54 Å². The van der Waals surface area contributed by atoms with Crippen LogP contribution in [0.2, 0.25) is 0 Å². The molecule has 4 nitrogen and oxygen atoms in total. The molecule has 0 saturated heterocycles. The SMILES string of the molecule is COc1ccc(-c2ccc(CN(C)C)nc2-c2ccc(OC)cc2)cc1. The van der Waals surface area contributed by atoms with Gasteiger partial charge in [-0.2, -0.15) is 0 Å². The van der Waals surface area contributed by atoms with Gasteiger partial charge in [0.25, 0.3) is 0 Å². The molecular formula is C22H24N2O2. The average Bonchev–Trinajstić information content (AvgIpc) is 2.68. The summed E-state index contributed by atoms with van der Waals surface area (Å²) in [4.78, 5) is 7.06. The molecule has 4 heteroatoms. The molecule has 0 bridgehead atoms. The highest BCUT2D eigenvalue weighted by Crippen LogP contribution is 2.32. The second-order valence-corrected chi connectivity index (χ2v) is 6.39. The molecule has 0 saturated carbocycles. The molecule has 0 fully saturated rings. The molecule has 3 aromatic rings. The quantitative estimate of drug-likeness (QED) is 0.657. The van der Waals surface area contributed by atoms with E-state index in [1.165, 1.54) is 0 Å². The maximum atomic E-state index is 5.28. The summed E-state index contributed by atoms with van der Waals surface area (Å²) in [6.45, 7) is 0.798. The fourth-order valence-corrected chi connectivity index (χ4v) is 2.88. The van der Waals surface area contributed by atoms with Gasteiger partial charge in [0.2, 0.25) is 0 Å². The lowest BCUT2D eigenvalue weighted by Gasteiger charge is -2.14. The third kappa shape index (κ3) is 4.03. The van der Waals surface area contributed by atoms with Crippen molar-refractivity contribution in [3.63, 3.8) is 0 Å². The van der Waals surface area contributed by atoms with Gasteiger partial charge in [-0.15, -0.1) is 0 Å². The van der Waals surface area contributed by atoms with E-state index in [1.807, 2.05) is 50.5 Å². The molecule has 0 atom stereocenters. The minimum atomic E-state index is 0.798. The minimum Gasteiger partial charge on any atom is -0.497 e. The topological polar surface area (TPSA) is 34.6 Å². The zero-order chi connectivity index (χ0) is 18.5. The lowest BCUT2D eigenvalue weighted by atomic mass is 9.98. The van der Waals surface area contributed by atoms with Crippen LogP contribution in [0.25, 0.3) is 22.4 Å². The van der Waals surface area contributed by atoms with Crippen molar-refractivity contribution in [2.45, 2.75) is 6.54 Å². The first-order valence-electron chi connectivity index (χ1n) is 8.54. The van der Waals surface area contributed by atoms with Crippen molar-refractivity contribution in [1.29, 1.82) is 0 Å². The van der Waals surface area contributed by atoms with E-state index in [4.69, 9.17) is 14.5 Å². The van der Waals surface area contributed by atoms with E-state index in [0.29, 0.717) is 0 Å². The van der Waals surface area contributed by atoms with E-state index >= 15 is 0 Å².